The zero-order valence-electron chi connectivity index (χ0n) is 8.59. The number of nitrogens with one attached hydrogen (secondary N) is 2. The molecule has 0 bridgehead atoms. The fourth-order valence-electron chi connectivity index (χ4n) is 1.93. The number of pyridine rings is 1. The van der Waals surface area contributed by atoms with E-state index >= 15 is 0 Å². The molecule has 1 heterocycles. The average molecular weight is 191 g/mol. The summed E-state index contributed by atoms with van der Waals surface area (Å²) in [4.78, 5) is 4.43. The zero-order chi connectivity index (χ0) is 9.80. The Bertz CT molecular complexity index is 292. The van der Waals surface area contributed by atoms with E-state index in [9.17, 15) is 0 Å². The van der Waals surface area contributed by atoms with E-state index in [4.69, 9.17) is 0 Å². The van der Waals surface area contributed by atoms with Crippen molar-refractivity contribution < 1.29 is 0 Å². The maximum absolute atomic E-state index is 4.43. The predicted octanol–water partition coefficient (Wildman–Crippen LogP) is 2.48. The molecule has 1 aromatic rings. The normalized spacial score (nSPS) is 16.9. The largest absolute Gasteiger partial charge is 0.373 e. The number of aromatic nitrogens is 1. The fraction of sp³-hybridized carbons (Fsp3) is 0.545. The summed E-state index contributed by atoms with van der Waals surface area (Å²) in [7, 11) is 1.89. The first-order valence-electron chi connectivity index (χ1n) is 5.30. The Morgan fingerprint density at radius 2 is 1.93 bits per heavy atom. The van der Waals surface area contributed by atoms with E-state index in [0.717, 1.165) is 11.6 Å². The van der Waals surface area contributed by atoms with Gasteiger partial charge in [0.2, 0.25) is 0 Å². The van der Waals surface area contributed by atoms with Gasteiger partial charge in [-0.2, -0.15) is 0 Å². The first kappa shape index (κ1) is 9.31. The van der Waals surface area contributed by atoms with Gasteiger partial charge in [0.25, 0.3) is 0 Å². The Morgan fingerprint density at radius 3 is 2.64 bits per heavy atom. The third kappa shape index (κ3) is 2.16. The molecule has 0 amide bonds. The first-order chi connectivity index (χ1) is 6.88. The molecule has 0 radical (unpaired) electrons. The average Bonchev–Trinajstić information content (AvgIpc) is 2.71. The number of anilines is 2. The SMILES string of the molecule is CNc1cccc(NC2CCCC2)n1. The van der Waals surface area contributed by atoms with E-state index in [2.05, 4.69) is 15.6 Å². The van der Waals surface area contributed by atoms with E-state index < -0.39 is 0 Å². The van der Waals surface area contributed by atoms with Crippen LogP contribution < -0.4 is 10.6 Å². The van der Waals surface area contributed by atoms with E-state index in [-0.39, 0.29) is 0 Å². The number of nitrogens with zero attached hydrogens (tertiary/aromatic N) is 1. The summed E-state index contributed by atoms with van der Waals surface area (Å²) in [5, 5.41) is 6.51. The summed E-state index contributed by atoms with van der Waals surface area (Å²) in [6, 6.07) is 6.66. The molecule has 3 nitrogen and oxygen atoms in total. The van der Waals surface area contributed by atoms with E-state index in [1.165, 1.54) is 25.7 Å². The van der Waals surface area contributed by atoms with Crippen LogP contribution in [0.3, 0.4) is 0 Å². The maximum Gasteiger partial charge on any atom is 0.128 e. The molecule has 1 aliphatic carbocycles. The minimum Gasteiger partial charge on any atom is -0.373 e. The molecule has 1 aromatic heterocycles. The van der Waals surface area contributed by atoms with Crippen LogP contribution in [-0.2, 0) is 0 Å². The van der Waals surface area contributed by atoms with Gasteiger partial charge in [-0.1, -0.05) is 18.9 Å². The standard InChI is InChI=1S/C11H17N3/c1-12-10-7-4-8-11(14-10)13-9-5-2-3-6-9/h4,7-9H,2-3,5-6H2,1H3,(H2,12,13,14). The van der Waals surface area contributed by atoms with Gasteiger partial charge in [0.05, 0.1) is 0 Å². The Labute approximate surface area is 84.9 Å². The smallest absolute Gasteiger partial charge is 0.128 e. The van der Waals surface area contributed by atoms with Crippen molar-refractivity contribution in [3.8, 4) is 0 Å². The molecule has 0 saturated heterocycles. The van der Waals surface area contributed by atoms with Crippen LogP contribution in [0.2, 0.25) is 0 Å². The number of hydrogen-bond acceptors (Lipinski definition) is 3. The van der Waals surface area contributed by atoms with Crippen molar-refractivity contribution in [2.75, 3.05) is 17.7 Å². The number of rotatable bonds is 3. The molecule has 14 heavy (non-hydrogen) atoms. The van der Waals surface area contributed by atoms with Crippen LogP contribution in [0.5, 0.6) is 0 Å². The minimum atomic E-state index is 0.634. The van der Waals surface area contributed by atoms with Crippen molar-refractivity contribution in [3.05, 3.63) is 18.2 Å². The van der Waals surface area contributed by atoms with E-state index in [1.807, 2.05) is 25.2 Å². The molecule has 2 rings (SSSR count). The molecule has 0 aromatic carbocycles. The molecule has 1 aliphatic rings. The lowest BCUT2D eigenvalue weighted by Crippen LogP contribution is -2.15. The molecule has 0 atom stereocenters. The van der Waals surface area contributed by atoms with Crippen LogP contribution in [0.15, 0.2) is 18.2 Å². The van der Waals surface area contributed by atoms with Gasteiger partial charge in [-0.25, -0.2) is 4.98 Å². The Kier molecular flexibility index (Phi) is 2.87. The summed E-state index contributed by atoms with van der Waals surface area (Å²) in [5.74, 6) is 1.91. The molecule has 76 valence electrons. The van der Waals surface area contributed by atoms with Crippen LogP contribution in [-0.4, -0.2) is 18.1 Å². The van der Waals surface area contributed by atoms with Gasteiger partial charge in [0, 0.05) is 13.1 Å². The molecular formula is C11H17N3. The van der Waals surface area contributed by atoms with Crippen LogP contribution in [0.4, 0.5) is 11.6 Å². The Balaban J connectivity index is 2.00. The summed E-state index contributed by atoms with van der Waals surface area (Å²) in [5.41, 5.74) is 0. The Hall–Kier alpha value is -1.25. The molecule has 0 spiro atoms. The molecule has 1 fully saturated rings. The van der Waals surface area contributed by atoms with Crippen molar-refractivity contribution in [3.63, 3.8) is 0 Å². The van der Waals surface area contributed by atoms with Crippen molar-refractivity contribution >= 4 is 11.6 Å². The second kappa shape index (κ2) is 4.31. The zero-order valence-corrected chi connectivity index (χ0v) is 8.59. The quantitative estimate of drug-likeness (QED) is 0.770. The van der Waals surface area contributed by atoms with Crippen molar-refractivity contribution in [1.82, 2.24) is 4.98 Å². The third-order valence-electron chi connectivity index (χ3n) is 2.71. The molecule has 2 N–H and O–H groups in total. The summed E-state index contributed by atoms with van der Waals surface area (Å²) in [6.07, 6.45) is 5.27. The third-order valence-corrected chi connectivity index (χ3v) is 2.71. The number of hydrogen-bond donors (Lipinski definition) is 2. The highest BCUT2D eigenvalue weighted by Crippen LogP contribution is 2.21. The highest BCUT2D eigenvalue weighted by molar-refractivity contribution is 5.45. The Morgan fingerprint density at radius 1 is 1.21 bits per heavy atom. The second-order valence-corrected chi connectivity index (χ2v) is 3.78. The molecular weight excluding hydrogens is 174 g/mol. The van der Waals surface area contributed by atoms with E-state index in [0.29, 0.717) is 6.04 Å². The predicted molar refractivity (Wildman–Crippen MR) is 59.7 cm³/mol. The maximum atomic E-state index is 4.43. The topological polar surface area (TPSA) is 37.0 Å². The van der Waals surface area contributed by atoms with Gasteiger partial charge in [0.1, 0.15) is 11.6 Å². The van der Waals surface area contributed by atoms with Crippen LogP contribution in [0, 0.1) is 0 Å². The fourth-order valence-corrected chi connectivity index (χ4v) is 1.93. The molecule has 0 unspecified atom stereocenters. The molecule has 0 aliphatic heterocycles. The molecule has 1 saturated carbocycles. The van der Waals surface area contributed by atoms with E-state index in [1.54, 1.807) is 0 Å². The van der Waals surface area contributed by atoms with Crippen molar-refractivity contribution in [2.45, 2.75) is 31.7 Å². The second-order valence-electron chi connectivity index (χ2n) is 3.78. The lowest BCUT2D eigenvalue weighted by Gasteiger charge is -2.12. The summed E-state index contributed by atoms with van der Waals surface area (Å²) in [6.45, 7) is 0. The summed E-state index contributed by atoms with van der Waals surface area (Å²) >= 11 is 0. The van der Waals surface area contributed by atoms with Crippen molar-refractivity contribution in [2.24, 2.45) is 0 Å². The molecule has 3 heteroatoms. The lowest BCUT2D eigenvalue weighted by atomic mass is 10.2. The van der Waals surface area contributed by atoms with Crippen LogP contribution >= 0.6 is 0 Å². The van der Waals surface area contributed by atoms with Gasteiger partial charge in [-0.15, -0.1) is 0 Å². The monoisotopic (exact) mass is 191 g/mol. The van der Waals surface area contributed by atoms with Crippen LogP contribution in [0.25, 0.3) is 0 Å². The van der Waals surface area contributed by atoms with Gasteiger partial charge >= 0.3 is 0 Å². The van der Waals surface area contributed by atoms with Gasteiger partial charge in [-0.3, -0.25) is 0 Å². The minimum absolute atomic E-state index is 0.634. The van der Waals surface area contributed by atoms with Gasteiger partial charge in [-0.05, 0) is 25.0 Å². The van der Waals surface area contributed by atoms with Crippen molar-refractivity contribution in [1.29, 1.82) is 0 Å². The van der Waals surface area contributed by atoms with Gasteiger partial charge in [0.15, 0.2) is 0 Å². The lowest BCUT2D eigenvalue weighted by molar-refractivity contribution is 0.751. The van der Waals surface area contributed by atoms with Crippen LogP contribution in [0.1, 0.15) is 25.7 Å². The van der Waals surface area contributed by atoms with Gasteiger partial charge < -0.3 is 10.6 Å². The highest BCUT2D eigenvalue weighted by atomic mass is 15.1. The highest BCUT2D eigenvalue weighted by Gasteiger charge is 2.14. The first-order valence-corrected chi connectivity index (χ1v) is 5.30. The summed E-state index contributed by atoms with van der Waals surface area (Å²) < 4.78 is 0.